The van der Waals surface area contributed by atoms with Crippen molar-refractivity contribution in [2.24, 2.45) is 5.10 Å². The van der Waals surface area contributed by atoms with Gasteiger partial charge in [-0.2, -0.15) is 5.10 Å². The van der Waals surface area contributed by atoms with E-state index >= 15 is 0 Å². The van der Waals surface area contributed by atoms with Gasteiger partial charge in [-0.05, 0) is 30.4 Å². The minimum Gasteiger partial charge on any atom is -0.481 e. The minimum atomic E-state index is -0.571. The van der Waals surface area contributed by atoms with Crippen LogP contribution in [0.25, 0.3) is 6.08 Å². The molecule has 2 aromatic rings. The van der Waals surface area contributed by atoms with Crippen LogP contribution in [0.4, 0.5) is 10.1 Å². The summed E-state index contributed by atoms with van der Waals surface area (Å²) in [5.74, 6) is -1.16. The van der Waals surface area contributed by atoms with Crippen molar-refractivity contribution in [2.45, 2.75) is 0 Å². The first-order chi connectivity index (χ1) is 12.1. The van der Waals surface area contributed by atoms with E-state index < -0.39 is 23.3 Å². The van der Waals surface area contributed by atoms with Crippen molar-refractivity contribution in [3.05, 3.63) is 76.1 Å². The molecule has 0 saturated heterocycles. The lowest BCUT2D eigenvalue weighted by atomic mass is 10.2. The number of nitrogens with zero attached hydrogens (tertiary/aromatic N) is 2. The Hall–Kier alpha value is -3.55. The molecule has 0 spiro atoms. The van der Waals surface area contributed by atoms with Gasteiger partial charge >= 0.3 is 0 Å². The number of hydrogen-bond donors (Lipinski definition) is 1. The van der Waals surface area contributed by atoms with E-state index in [1.165, 1.54) is 42.6 Å². The van der Waals surface area contributed by atoms with Crippen molar-refractivity contribution in [2.75, 3.05) is 6.61 Å². The Morgan fingerprint density at radius 2 is 1.96 bits per heavy atom. The number of hydrazone groups is 1. The maximum atomic E-state index is 13.3. The zero-order chi connectivity index (χ0) is 18.1. The summed E-state index contributed by atoms with van der Waals surface area (Å²) in [6.45, 7) is -0.397. The van der Waals surface area contributed by atoms with Crippen molar-refractivity contribution in [1.82, 2.24) is 5.43 Å². The molecule has 0 aliphatic carbocycles. The van der Waals surface area contributed by atoms with Crippen molar-refractivity contribution in [3.8, 4) is 5.75 Å². The van der Waals surface area contributed by atoms with Crippen LogP contribution < -0.4 is 10.2 Å². The summed E-state index contributed by atoms with van der Waals surface area (Å²) in [7, 11) is 0. The van der Waals surface area contributed by atoms with Gasteiger partial charge in [0.15, 0.2) is 18.2 Å². The molecule has 0 bridgehead atoms. The van der Waals surface area contributed by atoms with E-state index in [-0.39, 0.29) is 11.4 Å². The normalized spacial score (nSPS) is 10.9. The molecule has 0 atom stereocenters. The molecule has 8 heteroatoms. The number of ether oxygens (including phenoxy) is 1. The predicted octanol–water partition coefficient (Wildman–Crippen LogP) is 2.93. The van der Waals surface area contributed by atoms with Crippen LogP contribution in [-0.4, -0.2) is 23.7 Å². The molecule has 0 unspecified atom stereocenters. The van der Waals surface area contributed by atoms with Gasteiger partial charge < -0.3 is 4.74 Å². The first-order valence-corrected chi connectivity index (χ1v) is 7.17. The number of benzene rings is 2. The van der Waals surface area contributed by atoms with E-state index in [9.17, 15) is 19.3 Å². The van der Waals surface area contributed by atoms with Crippen molar-refractivity contribution < 1.29 is 18.8 Å². The van der Waals surface area contributed by atoms with E-state index in [1.807, 2.05) is 0 Å². The van der Waals surface area contributed by atoms with Crippen LogP contribution in [0.3, 0.4) is 0 Å². The zero-order valence-electron chi connectivity index (χ0n) is 13.0. The van der Waals surface area contributed by atoms with Crippen molar-refractivity contribution in [3.63, 3.8) is 0 Å². The minimum absolute atomic E-state index is 0.0297. The number of allylic oxidation sites excluding steroid dienone is 1. The summed E-state index contributed by atoms with van der Waals surface area (Å²) in [5.41, 5.74) is 2.57. The standard InChI is InChI=1S/C17H14FN3O4/c18-14-8-2-4-10-16(14)25-12-17(22)20-19-11-5-7-13-6-1-3-9-15(13)21(23)24/h1-11H,12H2,(H,20,22)/b7-5+,19-11-. The second kappa shape index (κ2) is 8.92. The molecule has 0 radical (unpaired) electrons. The first kappa shape index (κ1) is 17.8. The smallest absolute Gasteiger partial charge is 0.277 e. The number of para-hydroxylation sites is 2. The van der Waals surface area contributed by atoms with E-state index in [1.54, 1.807) is 24.3 Å². The Labute approximate surface area is 142 Å². The summed E-state index contributed by atoms with van der Waals surface area (Å²) in [5, 5.41) is 14.5. The number of carbonyl (C=O) groups is 1. The number of rotatable bonds is 7. The highest BCUT2D eigenvalue weighted by Crippen LogP contribution is 2.18. The van der Waals surface area contributed by atoms with Gasteiger partial charge in [0.2, 0.25) is 0 Å². The molecule has 0 heterocycles. The highest BCUT2D eigenvalue weighted by atomic mass is 19.1. The lowest BCUT2D eigenvalue weighted by Crippen LogP contribution is -2.24. The van der Waals surface area contributed by atoms with E-state index in [2.05, 4.69) is 10.5 Å². The molecule has 1 amide bonds. The number of carbonyl (C=O) groups excluding carboxylic acids is 1. The molecule has 0 aromatic heterocycles. The first-order valence-electron chi connectivity index (χ1n) is 7.17. The second-order valence-corrected chi connectivity index (χ2v) is 4.71. The summed E-state index contributed by atoms with van der Waals surface area (Å²) < 4.78 is 18.3. The van der Waals surface area contributed by atoms with Crippen LogP contribution in [0.5, 0.6) is 5.75 Å². The van der Waals surface area contributed by atoms with Gasteiger partial charge in [0.1, 0.15) is 0 Å². The molecule has 128 valence electrons. The molecular weight excluding hydrogens is 329 g/mol. The Bertz CT molecular complexity index is 821. The summed E-state index contributed by atoms with van der Waals surface area (Å²) in [4.78, 5) is 21.9. The Morgan fingerprint density at radius 3 is 2.72 bits per heavy atom. The molecule has 0 aliphatic rings. The topological polar surface area (TPSA) is 93.8 Å². The van der Waals surface area contributed by atoms with Crippen LogP contribution in [0.15, 0.2) is 59.7 Å². The predicted molar refractivity (Wildman–Crippen MR) is 90.7 cm³/mol. The van der Waals surface area contributed by atoms with Gasteiger partial charge in [-0.15, -0.1) is 0 Å². The number of amides is 1. The maximum absolute atomic E-state index is 13.3. The van der Waals surface area contributed by atoms with Gasteiger partial charge in [-0.1, -0.05) is 24.3 Å². The van der Waals surface area contributed by atoms with Crippen molar-refractivity contribution in [1.29, 1.82) is 0 Å². The molecule has 2 rings (SSSR count). The fourth-order valence-corrected chi connectivity index (χ4v) is 1.83. The third-order valence-corrected chi connectivity index (χ3v) is 2.95. The van der Waals surface area contributed by atoms with Crippen LogP contribution in [-0.2, 0) is 4.79 Å². The van der Waals surface area contributed by atoms with Crippen LogP contribution >= 0.6 is 0 Å². The third kappa shape index (κ3) is 5.54. The number of hydrogen-bond acceptors (Lipinski definition) is 5. The number of nitro benzene ring substituents is 1. The molecule has 0 saturated carbocycles. The van der Waals surface area contributed by atoms with E-state index in [0.717, 1.165) is 0 Å². The number of nitrogens with one attached hydrogen (secondary N) is 1. The van der Waals surface area contributed by atoms with Gasteiger partial charge in [0.05, 0.1) is 10.5 Å². The molecular formula is C17H14FN3O4. The van der Waals surface area contributed by atoms with Crippen LogP contribution in [0.1, 0.15) is 5.56 Å². The van der Waals surface area contributed by atoms with Gasteiger partial charge in [0.25, 0.3) is 11.6 Å². The number of nitro groups is 1. The lowest BCUT2D eigenvalue weighted by molar-refractivity contribution is -0.385. The second-order valence-electron chi connectivity index (χ2n) is 4.71. The molecule has 2 aromatic carbocycles. The summed E-state index contributed by atoms with van der Waals surface area (Å²) >= 11 is 0. The SMILES string of the molecule is O=C(COc1ccccc1F)N/N=C\C=C\c1ccccc1[N+](=O)[O-]. The number of halogens is 1. The summed E-state index contributed by atoms with van der Waals surface area (Å²) in [6.07, 6.45) is 4.20. The average molecular weight is 343 g/mol. The van der Waals surface area contributed by atoms with E-state index in [4.69, 9.17) is 4.74 Å². The molecule has 1 N–H and O–H groups in total. The Kier molecular flexibility index (Phi) is 6.35. The fourth-order valence-electron chi connectivity index (χ4n) is 1.83. The Balaban J connectivity index is 1.82. The zero-order valence-corrected chi connectivity index (χ0v) is 13.0. The van der Waals surface area contributed by atoms with E-state index in [0.29, 0.717) is 5.56 Å². The van der Waals surface area contributed by atoms with Crippen molar-refractivity contribution >= 4 is 23.9 Å². The van der Waals surface area contributed by atoms with Crippen LogP contribution in [0, 0.1) is 15.9 Å². The molecule has 0 aliphatic heterocycles. The third-order valence-electron chi connectivity index (χ3n) is 2.95. The maximum Gasteiger partial charge on any atom is 0.277 e. The van der Waals surface area contributed by atoms with Gasteiger partial charge in [0, 0.05) is 12.3 Å². The van der Waals surface area contributed by atoms with Gasteiger partial charge in [-0.3, -0.25) is 14.9 Å². The summed E-state index contributed by atoms with van der Waals surface area (Å²) in [6, 6.07) is 11.9. The van der Waals surface area contributed by atoms with Crippen LogP contribution in [0.2, 0.25) is 0 Å². The molecule has 25 heavy (non-hydrogen) atoms. The fraction of sp³-hybridized carbons (Fsp3) is 0.0588. The Morgan fingerprint density at radius 1 is 1.24 bits per heavy atom. The molecule has 7 nitrogen and oxygen atoms in total. The highest BCUT2D eigenvalue weighted by Gasteiger charge is 2.08. The lowest BCUT2D eigenvalue weighted by Gasteiger charge is -2.05. The largest absolute Gasteiger partial charge is 0.481 e. The van der Waals surface area contributed by atoms with Gasteiger partial charge in [-0.25, -0.2) is 9.82 Å². The highest BCUT2D eigenvalue weighted by molar-refractivity contribution is 5.82. The molecule has 0 fully saturated rings. The quantitative estimate of drug-likeness (QED) is 0.475. The average Bonchev–Trinajstić information content (AvgIpc) is 2.61. The monoisotopic (exact) mass is 343 g/mol.